The van der Waals surface area contributed by atoms with E-state index in [1.807, 2.05) is 0 Å². The predicted octanol–water partition coefficient (Wildman–Crippen LogP) is 3.28. The smallest absolute Gasteiger partial charge is 0.308 e. The molecule has 0 bridgehead atoms. The Morgan fingerprint density at radius 3 is 1.53 bits per heavy atom. The minimum atomic E-state index is -1.57. The summed E-state index contributed by atoms with van der Waals surface area (Å²) in [5, 5.41) is 17.3. The van der Waals surface area contributed by atoms with E-state index in [0.717, 1.165) is 0 Å². The summed E-state index contributed by atoms with van der Waals surface area (Å²) in [7, 11) is 0. The van der Waals surface area contributed by atoms with Crippen molar-refractivity contribution in [2.45, 2.75) is 85.9 Å². The van der Waals surface area contributed by atoms with Crippen LogP contribution >= 0.6 is 0 Å². The zero-order chi connectivity index (χ0) is 23.6. The first-order chi connectivity index (χ1) is 13.6. The van der Waals surface area contributed by atoms with Gasteiger partial charge in [0.15, 0.2) is 0 Å². The zero-order valence-electron chi connectivity index (χ0n) is 18.6. The molecule has 0 saturated heterocycles. The lowest BCUT2D eigenvalue weighted by molar-refractivity contribution is -0.482. The molecule has 0 fully saturated rings. The second-order valence-corrected chi connectivity index (χ2v) is 8.92. The lowest BCUT2D eigenvalue weighted by Crippen LogP contribution is -2.58. The molecule has 0 saturated carbocycles. The van der Waals surface area contributed by atoms with Gasteiger partial charge in [-0.05, 0) is 12.8 Å². The normalized spacial score (nSPS) is 12.3. The Labute approximate surface area is 176 Å². The van der Waals surface area contributed by atoms with Crippen molar-refractivity contribution in [1.29, 1.82) is 0 Å². The highest BCUT2D eigenvalue weighted by Crippen LogP contribution is 2.48. The Bertz CT molecular complexity index is 584. The molecule has 0 amide bonds. The molecule has 174 valence electrons. The van der Waals surface area contributed by atoms with Crippen molar-refractivity contribution in [1.82, 2.24) is 0 Å². The molecule has 0 aliphatic rings. The molecule has 0 aromatic carbocycles. The average Bonchev–Trinajstić information content (AvgIpc) is 2.54. The van der Waals surface area contributed by atoms with Gasteiger partial charge in [-0.2, -0.15) is 9.78 Å². The molecule has 0 spiro atoms. The summed E-state index contributed by atoms with van der Waals surface area (Å²) >= 11 is 0. The van der Waals surface area contributed by atoms with E-state index in [2.05, 4.69) is 0 Å². The topological polar surface area (TPSA) is 146 Å². The number of carbonyl (C=O) groups is 4. The van der Waals surface area contributed by atoms with E-state index >= 15 is 0 Å². The van der Waals surface area contributed by atoms with Gasteiger partial charge in [0.1, 0.15) is 0 Å². The highest BCUT2D eigenvalue weighted by molar-refractivity contribution is 5.72. The first-order valence-corrected chi connectivity index (χ1v) is 9.74. The summed E-state index contributed by atoms with van der Waals surface area (Å²) in [6.07, 6.45) is -0.256. The summed E-state index contributed by atoms with van der Waals surface area (Å²) in [6.45, 7) is 10.1. The van der Waals surface area contributed by atoms with Crippen LogP contribution in [-0.2, 0) is 38.4 Å². The number of aliphatic carboxylic acids is 2. The van der Waals surface area contributed by atoms with Crippen molar-refractivity contribution in [3.63, 3.8) is 0 Å². The predicted molar refractivity (Wildman–Crippen MR) is 104 cm³/mol. The third-order valence-electron chi connectivity index (χ3n) is 4.22. The Balaban J connectivity index is 5.02. The lowest BCUT2D eigenvalue weighted by Gasteiger charge is -2.49. The second-order valence-electron chi connectivity index (χ2n) is 8.92. The molecule has 0 aromatic rings. The van der Waals surface area contributed by atoms with Crippen LogP contribution in [0.2, 0.25) is 0 Å². The molecule has 0 aliphatic heterocycles. The van der Waals surface area contributed by atoms with Gasteiger partial charge in [-0.1, -0.05) is 41.5 Å². The van der Waals surface area contributed by atoms with Crippen LogP contribution in [0.1, 0.15) is 80.1 Å². The van der Waals surface area contributed by atoms with Gasteiger partial charge in [0.2, 0.25) is 6.79 Å². The van der Waals surface area contributed by atoms with E-state index in [1.54, 1.807) is 41.5 Å². The van der Waals surface area contributed by atoms with Gasteiger partial charge in [0.05, 0.1) is 0 Å². The minimum absolute atomic E-state index is 0.0854. The monoisotopic (exact) mass is 434 g/mol. The van der Waals surface area contributed by atoms with Gasteiger partial charge >= 0.3 is 23.9 Å². The fourth-order valence-corrected chi connectivity index (χ4v) is 2.95. The Hall–Kier alpha value is -2.20. The summed E-state index contributed by atoms with van der Waals surface area (Å²) in [6, 6.07) is 0. The van der Waals surface area contributed by atoms with Gasteiger partial charge in [-0.15, -0.1) is 0 Å². The first-order valence-electron chi connectivity index (χ1n) is 9.74. The maximum Gasteiger partial charge on any atom is 0.308 e. The highest BCUT2D eigenvalue weighted by Gasteiger charge is 2.57. The van der Waals surface area contributed by atoms with Gasteiger partial charge in [0, 0.05) is 36.5 Å². The molecule has 2 N–H and O–H groups in total. The maximum atomic E-state index is 12.4. The number of hydrogen-bond acceptors (Lipinski definition) is 8. The fourth-order valence-electron chi connectivity index (χ4n) is 2.95. The molecule has 0 heterocycles. The Kier molecular flexibility index (Phi) is 11.0. The second kappa shape index (κ2) is 11.8. The largest absolute Gasteiger partial charge is 0.481 e. The van der Waals surface area contributed by atoms with Crippen LogP contribution in [0.5, 0.6) is 0 Å². The number of carbonyl (C=O) groups excluding carboxylic acids is 2. The van der Waals surface area contributed by atoms with Gasteiger partial charge in [-0.3, -0.25) is 19.2 Å². The molecular weight excluding hydrogens is 400 g/mol. The molecule has 0 rings (SSSR count). The third kappa shape index (κ3) is 9.53. The standard InChI is InChI=1S/C20H34O10/c1-18(2,3)20(19(4,5)6,29-17(26)12-8-10-15(23)24)30-28-13-27-16(25)11-7-9-14(21)22/h7-13H2,1-6H3,(H,21,22)(H,23,24). The minimum Gasteiger partial charge on any atom is -0.481 e. The van der Waals surface area contributed by atoms with Crippen molar-refractivity contribution in [2.75, 3.05) is 6.79 Å². The SMILES string of the molecule is CC(C)(C)C(OOCOC(=O)CCCC(=O)O)(OC(=O)CCCC(=O)O)C(C)(C)C. The Morgan fingerprint density at radius 1 is 0.700 bits per heavy atom. The molecule has 0 aliphatic carbocycles. The van der Waals surface area contributed by atoms with Crippen LogP contribution in [-0.4, -0.2) is 46.7 Å². The van der Waals surface area contributed by atoms with Crippen molar-refractivity contribution in [3.05, 3.63) is 0 Å². The van der Waals surface area contributed by atoms with E-state index in [4.69, 9.17) is 29.5 Å². The number of carboxylic acid groups (broad SMARTS) is 2. The van der Waals surface area contributed by atoms with Crippen molar-refractivity contribution >= 4 is 23.9 Å². The van der Waals surface area contributed by atoms with E-state index in [9.17, 15) is 19.2 Å². The van der Waals surface area contributed by atoms with Crippen LogP contribution < -0.4 is 0 Å². The molecule has 10 heteroatoms. The molecule has 0 aromatic heterocycles. The summed E-state index contributed by atoms with van der Waals surface area (Å²) in [5.41, 5.74) is -1.53. The van der Waals surface area contributed by atoms with E-state index in [1.165, 1.54) is 0 Å². The van der Waals surface area contributed by atoms with E-state index in [-0.39, 0.29) is 38.5 Å². The third-order valence-corrected chi connectivity index (χ3v) is 4.22. The average molecular weight is 434 g/mol. The van der Waals surface area contributed by atoms with Gasteiger partial charge in [0.25, 0.3) is 5.79 Å². The van der Waals surface area contributed by atoms with Crippen molar-refractivity contribution < 1.29 is 48.6 Å². The lowest BCUT2D eigenvalue weighted by atomic mass is 9.70. The molecule has 10 nitrogen and oxygen atoms in total. The molecule has 0 unspecified atom stereocenters. The quantitative estimate of drug-likeness (QED) is 0.145. The molecule has 0 radical (unpaired) electrons. The van der Waals surface area contributed by atoms with Crippen LogP contribution in [0, 0.1) is 10.8 Å². The summed E-state index contributed by atoms with van der Waals surface area (Å²) in [5.74, 6) is -4.88. The van der Waals surface area contributed by atoms with E-state index < -0.39 is 47.3 Å². The van der Waals surface area contributed by atoms with Gasteiger partial charge < -0.3 is 19.7 Å². The highest BCUT2D eigenvalue weighted by atomic mass is 17.2. The summed E-state index contributed by atoms with van der Waals surface area (Å²) < 4.78 is 10.5. The first kappa shape index (κ1) is 27.8. The number of rotatable bonds is 13. The number of carboxylic acids is 2. The van der Waals surface area contributed by atoms with E-state index in [0.29, 0.717) is 0 Å². The molecule has 0 atom stereocenters. The Morgan fingerprint density at radius 2 is 1.13 bits per heavy atom. The number of ether oxygens (including phenoxy) is 2. The van der Waals surface area contributed by atoms with Crippen LogP contribution in [0.3, 0.4) is 0 Å². The zero-order valence-corrected chi connectivity index (χ0v) is 18.6. The van der Waals surface area contributed by atoms with Crippen molar-refractivity contribution in [3.8, 4) is 0 Å². The maximum absolute atomic E-state index is 12.4. The van der Waals surface area contributed by atoms with Crippen LogP contribution in [0.4, 0.5) is 0 Å². The molecule has 30 heavy (non-hydrogen) atoms. The van der Waals surface area contributed by atoms with Gasteiger partial charge in [-0.25, -0.2) is 0 Å². The van der Waals surface area contributed by atoms with Crippen molar-refractivity contribution in [2.24, 2.45) is 10.8 Å². The van der Waals surface area contributed by atoms with Crippen LogP contribution in [0.15, 0.2) is 0 Å². The number of esters is 2. The number of hydrogen-bond donors (Lipinski definition) is 2. The van der Waals surface area contributed by atoms with Crippen LogP contribution in [0.25, 0.3) is 0 Å². The molecular formula is C20H34O10. The summed E-state index contributed by atoms with van der Waals surface area (Å²) in [4.78, 5) is 55.7. The fraction of sp³-hybridized carbons (Fsp3) is 0.800.